The van der Waals surface area contributed by atoms with Gasteiger partial charge in [-0.05, 0) is 46.6 Å². The van der Waals surface area contributed by atoms with E-state index in [0.717, 1.165) is 19.4 Å². The van der Waals surface area contributed by atoms with Crippen molar-refractivity contribution in [1.29, 1.82) is 0 Å². The molecule has 0 aromatic rings. The van der Waals surface area contributed by atoms with Gasteiger partial charge >= 0.3 is 5.97 Å². The molecule has 0 aromatic carbocycles. The van der Waals surface area contributed by atoms with Crippen molar-refractivity contribution in [2.24, 2.45) is 0 Å². The van der Waals surface area contributed by atoms with E-state index in [-0.39, 0.29) is 30.3 Å². The summed E-state index contributed by atoms with van der Waals surface area (Å²) in [7, 11) is 0. The van der Waals surface area contributed by atoms with Crippen LogP contribution in [-0.4, -0.2) is 50.1 Å². The van der Waals surface area contributed by atoms with Crippen molar-refractivity contribution in [2.45, 2.75) is 71.3 Å². The highest BCUT2D eigenvalue weighted by Gasteiger charge is 2.25. The Kier molecular flexibility index (Phi) is 8.11. The van der Waals surface area contributed by atoms with E-state index in [1.807, 2.05) is 13.8 Å². The zero-order valence-corrected chi connectivity index (χ0v) is 13.2. The summed E-state index contributed by atoms with van der Waals surface area (Å²) in [6.07, 6.45) is 3.23. The lowest BCUT2D eigenvalue weighted by atomic mass is 10.0. The zero-order valence-electron chi connectivity index (χ0n) is 13.2. The predicted molar refractivity (Wildman–Crippen MR) is 77.7 cm³/mol. The van der Waals surface area contributed by atoms with E-state index in [1.54, 1.807) is 0 Å². The van der Waals surface area contributed by atoms with Gasteiger partial charge in [0.15, 0.2) is 0 Å². The molecule has 0 aliphatic carbocycles. The Morgan fingerprint density at radius 3 is 2.50 bits per heavy atom. The van der Waals surface area contributed by atoms with E-state index >= 15 is 0 Å². The SMILES string of the molecule is CCNC(CCOC1CC(C)OC(C)C1)C(=O)OCC. The Morgan fingerprint density at radius 1 is 1.30 bits per heavy atom. The van der Waals surface area contributed by atoms with Crippen molar-refractivity contribution in [2.75, 3.05) is 19.8 Å². The van der Waals surface area contributed by atoms with Crippen LogP contribution in [0.3, 0.4) is 0 Å². The second-order valence-electron chi connectivity index (χ2n) is 5.37. The van der Waals surface area contributed by atoms with Gasteiger partial charge in [-0.25, -0.2) is 0 Å². The van der Waals surface area contributed by atoms with E-state index in [4.69, 9.17) is 14.2 Å². The molecule has 1 N–H and O–H groups in total. The fourth-order valence-corrected chi connectivity index (χ4v) is 2.63. The van der Waals surface area contributed by atoms with Crippen molar-refractivity contribution in [3.8, 4) is 0 Å². The standard InChI is InChI=1S/C15H29NO4/c1-5-16-14(15(17)18-6-2)7-8-19-13-9-11(3)20-12(4)10-13/h11-14,16H,5-10H2,1-4H3. The maximum absolute atomic E-state index is 11.8. The summed E-state index contributed by atoms with van der Waals surface area (Å²) in [5, 5.41) is 3.14. The maximum Gasteiger partial charge on any atom is 0.323 e. The second kappa shape index (κ2) is 9.32. The van der Waals surface area contributed by atoms with Gasteiger partial charge in [0.05, 0.1) is 24.9 Å². The molecular formula is C15H29NO4. The average molecular weight is 287 g/mol. The van der Waals surface area contributed by atoms with Gasteiger partial charge in [-0.1, -0.05) is 6.92 Å². The molecule has 1 fully saturated rings. The molecule has 0 bridgehead atoms. The predicted octanol–water partition coefficient (Wildman–Crippen LogP) is 1.89. The summed E-state index contributed by atoms with van der Waals surface area (Å²) in [4.78, 5) is 11.8. The van der Waals surface area contributed by atoms with Gasteiger partial charge in [0.1, 0.15) is 6.04 Å². The van der Waals surface area contributed by atoms with Gasteiger partial charge in [0, 0.05) is 6.61 Å². The van der Waals surface area contributed by atoms with E-state index in [1.165, 1.54) is 0 Å². The molecule has 1 rings (SSSR count). The first kappa shape index (κ1) is 17.4. The fraction of sp³-hybridized carbons (Fsp3) is 0.933. The molecule has 3 atom stereocenters. The van der Waals surface area contributed by atoms with Crippen LogP contribution in [0.1, 0.15) is 47.0 Å². The number of hydrogen-bond acceptors (Lipinski definition) is 5. The Labute approximate surface area is 122 Å². The average Bonchev–Trinajstić information content (AvgIpc) is 2.37. The summed E-state index contributed by atoms with van der Waals surface area (Å²) in [6, 6.07) is -0.269. The van der Waals surface area contributed by atoms with Gasteiger partial charge in [-0.2, -0.15) is 0 Å². The number of nitrogens with one attached hydrogen (secondary N) is 1. The number of carbonyl (C=O) groups is 1. The van der Waals surface area contributed by atoms with Crippen LogP contribution in [-0.2, 0) is 19.0 Å². The fourth-order valence-electron chi connectivity index (χ4n) is 2.63. The summed E-state index contributed by atoms with van der Waals surface area (Å²) in [5.41, 5.74) is 0. The van der Waals surface area contributed by atoms with Crippen molar-refractivity contribution >= 4 is 5.97 Å². The van der Waals surface area contributed by atoms with Crippen LogP contribution in [0.15, 0.2) is 0 Å². The number of likely N-dealkylation sites (N-methyl/N-ethyl adjacent to an activating group) is 1. The largest absolute Gasteiger partial charge is 0.465 e. The normalized spacial score (nSPS) is 28.1. The van der Waals surface area contributed by atoms with E-state index < -0.39 is 0 Å². The monoisotopic (exact) mass is 287 g/mol. The third kappa shape index (κ3) is 6.20. The number of rotatable bonds is 8. The Bertz CT molecular complexity index is 275. The number of hydrogen-bond donors (Lipinski definition) is 1. The Balaban J connectivity index is 2.30. The number of ether oxygens (including phenoxy) is 3. The highest BCUT2D eigenvalue weighted by Crippen LogP contribution is 2.21. The molecule has 1 saturated heterocycles. The first-order chi connectivity index (χ1) is 9.56. The van der Waals surface area contributed by atoms with Crippen molar-refractivity contribution in [3.05, 3.63) is 0 Å². The minimum atomic E-state index is -0.269. The van der Waals surface area contributed by atoms with Crippen LogP contribution >= 0.6 is 0 Å². The van der Waals surface area contributed by atoms with Crippen LogP contribution in [0, 0.1) is 0 Å². The molecule has 0 aromatic heterocycles. The van der Waals surface area contributed by atoms with Gasteiger partial charge < -0.3 is 19.5 Å². The quantitative estimate of drug-likeness (QED) is 0.691. The highest BCUT2D eigenvalue weighted by atomic mass is 16.5. The molecule has 0 spiro atoms. The van der Waals surface area contributed by atoms with E-state index in [9.17, 15) is 4.79 Å². The molecular weight excluding hydrogens is 258 g/mol. The summed E-state index contributed by atoms with van der Waals surface area (Å²) >= 11 is 0. The lowest BCUT2D eigenvalue weighted by Gasteiger charge is -2.32. The smallest absolute Gasteiger partial charge is 0.323 e. The van der Waals surface area contributed by atoms with Crippen LogP contribution in [0.4, 0.5) is 0 Å². The summed E-state index contributed by atoms with van der Waals surface area (Å²) in [5.74, 6) is -0.188. The molecule has 1 aliphatic heterocycles. The first-order valence-corrected chi connectivity index (χ1v) is 7.73. The molecule has 0 radical (unpaired) electrons. The van der Waals surface area contributed by atoms with Crippen molar-refractivity contribution in [3.63, 3.8) is 0 Å². The van der Waals surface area contributed by atoms with Gasteiger partial charge in [-0.3, -0.25) is 4.79 Å². The van der Waals surface area contributed by atoms with Gasteiger partial charge in [0.2, 0.25) is 0 Å². The molecule has 5 nitrogen and oxygen atoms in total. The third-order valence-electron chi connectivity index (χ3n) is 3.44. The summed E-state index contributed by atoms with van der Waals surface area (Å²) < 4.78 is 16.6. The Hall–Kier alpha value is -0.650. The van der Waals surface area contributed by atoms with Gasteiger partial charge in [-0.15, -0.1) is 0 Å². The molecule has 1 heterocycles. The molecule has 3 unspecified atom stereocenters. The number of carbonyl (C=O) groups excluding carboxylic acids is 1. The molecule has 0 amide bonds. The first-order valence-electron chi connectivity index (χ1n) is 7.73. The van der Waals surface area contributed by atoms with Gasteiger partial charge in [0.25, 0.3) is 0 Å². The lowest BCUT2D eigenvalue weighted by molar-refractivity contribution is -0.147. The highest BCUT2D eigenvalue weighted by molar-refractivity contribution is 5.75. The third-order valence-corrected chi connectivity index (χ3v) is 3.44. The minimum absolute atomic E-state index is 0.188. The summed E-state index contributed by atoms with van der Waals surface area (Å²) in [6.45, 7) is 9.68. The van der Waals surface area contributed by atoms with Crippen LogP contribution in [0.25, 0.3) is 0 Å². The number of esters is 1. The molecule has 5 heteroatoms. The van der Waals surface area contributed by atoms with Crippen LogP contribution in [0.2, 0.25) is 0 Å². The zero-order chi connectivity index (χ0) is 15.0. The lowest BCUT2D eigenvalue weighted by Crippen LogP contribution is -2.40. The van der Waals surface area contributed by atoms with Crippen molar-refractivity contribution in [1.82, 2.24) is 5.32 Å². The molecule has 118 valence electrons. The minimum Gasteiger partial charge on any atom is -0.465 e. The Morgan fingerprint density at radius 2 is 1.95 bits per heavy atom. The molecule has 0 saturated carbocycles. The van der Waals surface area contributed by atoms with E-state index in [0.29, 0.717) is 19.6 Å². The topological polar surface area (TPSA) is 56.8 Å². The van der Waals surface area contributed by atoms with E-state index in [2.05, 4.69) is 19.2 Å². The molecule has 20 heavy (non-hydrogen) atoms. The molecule has 1 aliphatic rings. The van der Waals surface area contributed by atoms with Crippen molar-refractivity contribution < 1.29 is 19.0 Å². The van der Waals surface area contributed by atoms with Crippen LogP contribution in [0.5, 0.6) is 0 Å². The second-order valence-corrected chi connectivity index (χ2v) is 5.37. The maximum atomic E-state index is 11.8. The van der Waals surface area contributed by atoms with Crippen LogP contribution < -0.4 is 5.32 Å².